The molecule has 0 fully saturated rings. The molecule has 0 radical (unpaired) electrons. The topological polar surface area (TPSA) is 113 Å². The van der Waals surface area contributed by atoms with Crippen LogP contribution in [0.2, 0.25) is 0 Å². The van der Waals surface area contributed by atoms with E-state index in [0.717, 1.165) is 18.7 Å². The van der Waals surface area contributed by atoms with Gasteiger partial charge in [-0.2, -0.15) is 0 Å². The van der Waals surface area contributed by atoms with Gasteiger partial charge in [0, 0.05) is 25.6 Å². The molecule has 2 aliphatic heterocycles. The standard InChI is InChI=1S/C22H21FN6O3/c1-12-5-6-19-26-27-20(29(12)19)17-3-2-4-18(24-17)25-21(30)15-9-14-11-28(22(31)32)8-7-13(14)10-16(15)23/h2-4,9-10,12H,5-8,11H2,1H3,(H,31,32)(H,24,25,30)/t12-/m0/s1. The number of hydrogen-bond donors (Lipinski definition) is 2. The number of nitrogens with zero attached hydrogens (tertiary/aromatic N) is 5. The van der Waals surface area contributed by atoms with Crippen molar-refractivity contribution in [3.63, 3.8) is 0 Å². The summed E-state index contributed by atoms with van der Waals surface area (Å²) in [5, 5.41) is 20.3. The third-order valence-corrected chi connectivity index (χ3v) is 6.03. The van der Waals surface area contributed by atoms with Crippen molar-refractivity contribution in [1.82, 2.24) is 24.6 Å². The lowest BCUT2D eigenvalue weighted by Gasteiger charge is -2.26. The predicted molar refractivity (Wildman–Crippen MR) is 113 cm³/mol. The Balaban J connectivity index is 1.40. The lowest BCUT2D eigenvalue weighted by molar-refractivity contribution is 0.102. The number of carbonyl (C=O) groups is 2. The molecule has 0 saturated carbocycles. The smallest absolute Gasteiger partial charge is 0.407 e. The van der Waals surface area contributed by atoms with E-state index in [4.69, 9.17) is 0 Å². The lowest BCUT2D eigenvalue weighted by atomic mass is 9.97. The molecular weight excluding hydrogens is 415 g/mol. The van der Waals surface area contributed by atoms with Crippen LogP contribution in [0.5, 0.6) is 0 Å². The number of rotatable bonds is 3. The molecule has 1 aromatic carbocycles. The summed E-state index contributed by atoms with van der Waals surface area (Å²) in [7, 11) is 0. The number of halogens is 1. The zero-order valence-electron chi connectivity index (χ0n) is 17.4. The minimum atomic E-state index is -1.04. The molecule has 0 spiro atoms. The molecule has 2 N–H and O–H groups in total. The number of aryl methyl sites for hydroxylation is 1. The summed E-state index contributed by atoms with van der Waals surface area (Å²) in [6.45, 7) is 2.52. The van der Waals surface area contributed by atoms with Crippen LogP contribution in [-0.2, 0) is 19.4 Å². The number of amides is 2. The van der Waals surface area contributed by atoms with Crippen LogP contribution in [0, 0.1) is 5.82 Å². The van der Waals surface area contributed by atoms with E-state index in [1.807, 2.05) is 4.57 Å². The van der Waals surface area contributed by atoms with Crippen molar-refractivity contribution in [1.29, 1.82) is 0 Å². The van der Waals surface area contributed by atoms with Gasteiger partial charge in [-0.05, 0) is 55.2 Å². The zero-order valence-corrected chi connectivity index (χ0v) is 17.4. The number of carbonyl (C=O) groups excluding carboxylic acids is 1. The van der Waals surface area contributed by atoms with Crippen molar-refractivity contribution in [2.45, 2.75) is 38.8 Å². The number of nitrogens with one attached hydrogen (secondary N) is 1. The highest BCUT2D eigenvalue weighted by molar-refractivity contribution is 6.04. The van der Waals surface area contributed by atoms with E-state index in [1.54, 1.807) is 18.2 Å². The Morgan fingerprint density at radius 2 is 2.03 bits per heavy atom. The second-order valence-corrected chi connectivity index (χ2v) is 8.11. The fourth-order valence-electron chi connectivity index (χ4n) is 4.33. The summed E-state index contributed by atoms with van der Waals surface area (Å²) in [4.78, 5) is 29.8. The largest absolute Gasteiger partial charge is 0.465 e. The number of fused-ring (bicyclic) bond motifs is 2. The maximum Gasteiger partial charge on any atom is 0.407 e. The van der Waals surface area contributed by atoms with Crippen LogP contribution in [0.4, 0.5) is 15.0 Å². The Morgan fingerprint density at radius 1 is 1.19 bits per heavy atom. The number of pyridine rings is 1. The molecule has 3 aromatic rings. The van der Waals surface area contributed by atoms with Crippen LogP contribution < -0.4 is 5.32 Å². The number of hydrogen-bond acceptors (Lipinski definition) is 5. The maximum atomic E-state index is 14.6. The minimum absolute atomic E-state index is 0.120. The Labute approximate surface area is 182 Å². The van der Waals surface area contributed by atoms with Gasteiger partial charge in [-0.3, -0.25) is 4.79 Å². The van der Waals surface area contributed by atoms with Crippen molar-refractivity contribution in [3.05, 3.63) is 58.7 Å². The third-order valence-electron chi connectivity index (χ3n) is 6.03. The number of carboxylic acid groups (broad SMARTS) is 1. The molecule has 164 valence electrons. The van der Waals surface area contributed by atoms with Gasteiger partial charge in [-0.25, -0.2) is 14.2 Å². The molecule has 10 heteroatoms. The van der Waals surface area contributed by atoms with E-state index in [0.29, 0.717) is 35.6 Å². The van der Waals surface area contributed by atoms with Gasteiger partial charge in [-0.1, -0.05) is 6.07 Å². The lowest BCUT2D eigenvalue weighted by Crippen LogP contribution is -2.35. The summed E-state index contributed by atoms with van der Waals surface area (Å²) in [5.41, 5.74) is 1.75. The van der Waals surface area contributed by atoms with E-state index in [1.165, 1.54) is 17.0 Å². The van der Waals surface area contributed by atoms with Crippen LogP contribution in [0.1, 0.15) is 46.7 Å². The molecule has 0 aliphatic carbocycles. The van der Waals surface area contributed by atoms with Crippen molar-refractivity contribution in [3.8, 4) is 11.5 Å². The molecule has 0 bridgehead atoms. The molecule has 0 unspecified atom stereocenters. The molecule has 9 nitrogen and oxygen atoms in total. The Bertz CT molecular complexity index is 1240. The molecular formula is C22H21FN6O3. The molecule has 4 heterocycles. The highest BCUT2D eigenvalue weighted by Crippen LogP contribution is 2.30. The fraction of sp³-hybridized carbons (Fsp3) is 0.318. The first-order valence-electron chi connectivity index (χ1n) is 10.4. The van der Waals surface area contributed by atoms with Gasteiger partial charge in [0.05, 0.1) is 5.56 Å². The first-order valence-corrected chi connectivity index (χ1v) is 10.4. The fourth-order valence-corrected chi connectivity index (χ4v) is 4.33. The van der Waals surface area contributed by atoms with Gasteiger partial charge in [0.2, 0.25) is 0 Å². The van der Waals surface area contributed by atoms with Gasteiger partial charge in [0.1, 0.15) is 23.2 Å². The zero-order chi connectivity index (χ0) is 22.4. The van der Waals surface area contributed by atoms with Crippen molar-refractivity contribution in [2.24, 2.45) is 0 Å². The first kappa shape index (κ1) is 20.1. The average Bonchev–Trinajstić information content (AvgIpc) is 3.36. The first-order chi connectivity index (χ1) is 15.4. The maximum absolute atomic E-state index is 14.6. The quantitative estimate of drug-likeness (QED) is 0.652. The molecule has 2 aliphatic rings. The number of anilines is 1. The van der Waals surface area contributed by atoms with Crippen molar-refractivity contribution >= 4 is 17.8 Å². The van der Waals surface area contributed by atoms with Gasteiger partial charge < -0.3 is 19.9 Å². The van der Waals surface area contributed by atoms with Crippen LogP contribution in [0.25, 0.3) is 11.5 Å². The minimum Gasteiger partial charge on any atom is -0.465 e. The summed E-state index contributed by atoms with van der Waals surface area (Å²) in [5.74, 6) is 0.511. The molecule has 5 rings (SSSR count). The molecule has 1 atom stereocenters. The monoisotopic (exact) mass is 436 g/mol. The van der Waals surface area contributed by atoms with E-state index in [9.17, 15) is 19.1 Å². The highest BCUT2D eigenvalue weighted by Gasteiger charge is 2.26. The normalized spacial score (nSPS) is 17.1. The van der Waals surface area contributed by atoms with Gasteiger partial charge in [0.15, 0.2) is 5.82 Å². The molecule has 2 aromatic heterocycles. The Kier molecular flexibility index (Phi) is 4.84. The Morgan fingerprint density at radius 3 is 2.84 bits per heavy atom. The molecule has 0 saturated heterocycles. The number of benzene rings is 1. The van der Waals surface area contributed by atoms with Crippen LogP contribution in [0.3, 0.4) is 0 Å². The SMILES string of the molecule is C[C@H]1CCc2nnc(-c3cccc(NC(=O)c4cc5c(cc4F)CCN(C(=O)O)C5)n3)n21. The third kappa shape index (κ3) is 3.47. The van der Waals surface area contributed by atoms with E-state index >= 15 is 0 Å². The number of aromatic nitrogens is 4. The highest BCUT2D eigenvalue weighted by atomic mass is 19.1. The van der Waals surface area contributed by atoms with Crippen molar-refractivity contribution in [2.75, 3.05) is 11.9 Å². The predicted octanol–water partition coefficient (Wildman–Crippen LogP) is 3.27. The van der Waals surface area contributed by atoms with Crippen LogP contribution in [-0.4, -0.2) is 48.3 Å². The van der Waals surface area contributed by atoms with E-state index < -0.39 is 17.8 Å². The average molecular weight is 436 g/mol. The van der Waals surface area contributed by atoms with Crippen LogP contribution in [0.15, 0.2) is 30.3 Å². The summed E-state index contributed by atoms with van der Waals surface area (Å²) < 4.78 is 16.7. The van der Waals surface area contributed by atoms with Crippen LogP contribution >= 0.6 is 0 Å². The van der Waals surface area contributed by atoms with Crippen molar-refractivity contribution < 1.29 is 19.1 Å². The summed E-state index contributed by atoms with van der Waals surface area (Å²) in [6, 6.07) is 8.16. The van der Waals surface area contributed by atoms with Gasteiger partial charge in [0.25, 0.3) is 5.91 Å². The van der Waals surface area contributed by atoms with Gasteiger partial charge >= 0.3 is 6.09 Å². The van der Waals surface area contributed by atoms with E-state index in [-0.39, 0.29) is 24.0 Å². The van der Waals surface area contributed by atoms with E-state index in [2.05, 4.69) is 27.4 Å². The Hall–Kier alpha value is -3.82. The molecule has 32 heavy (non-hydrogen) atoms. The second-order valence-electron chi connectivity index (χ2n) is 8.11. The van der Waals surface area contributed by atoms with Gasteiger partial charge in [-0.15, -0.1) is 10.2 Å². The summed E-state index contributed by atoms with van der Waals surface area (Å²) >= 11 is 0. The molecule has 2 amide bonds. The second kappa shape index (κ2) is 7.70. The summed E-state index contributed by atoms with van der Waals surface area (Å²) in [6.07, 6.45) is 1.22.